The number of amides is 2. The summed E-state index contributed by atoms with van der Waals surface area (Å²) in [5, 5.41) is 10.9. The average Bonchev–Trinajstić information content (AvgIpc) is 3.02. The molecule has 2 aromatic rings. The molecule has 1 aromatic heterocycles. The van der Waals surface area contributed by atoms with Gasteiger partial charge in [0.2, 0.25) is 0 Å². The molecule has 0 aliphatic carbocycles. The van der Waals surface area contributed by atoms with E-state index in [1.54, 1.807) is 0 Å². The van der Waals surface area contributed by atoms with Gasteiger partial charge in [0.1, 0.15) is 10.7 Å². The van der Waals surface area contributed by atoms with E-state index < -0.39 is 22.6 Å². The number of nitrogens with one attached hydrogen (secondary N) is 2. The summed E-state index contributed by atoms with van der Waals surface area (Å²) in [6.07, 6.45) is 2.24. The highest BCUT2D eigenvalue weighted by atomic mass is 35.5. The van der Waals surface area contributed by atoms with E-state index in [9.17, 15) is 19.7 Å². The molecule has 0 saturated heterocycles. The summed E-state index contributed by atoms with van der Waals surface area (Å²) in [7, 11) is 0. The van der Waals surface area contributed by atoms with Gasteiger partial charge in [-0.2, -0.15) is 0 Å². The van der Waals surface area contributed by atoms with Gasteiger partial charge in [0.25, 0.3) is 11.8 Å². The summed E-state index contributed by atoms with van der Waals surface area (Å²) in [6.45, 7) is 0. The molecule has 1 heterocycles. The van der Waals surface area contributed by atoms with Crippen molar-refractivity contribution in [3.8, 4) is 0 Å². The van der Waals surface area contributed by atoms with Crippen molar-refractivity contribution in [2.45, 2.75) is 0 Å². The number of hydrazine groups is 1. The minimum atomic E-state index is -0.702. The van der Waals surface area contributed by atoms with Gasteiger partial charge < -0.3 is 4.42 Å². The molecule has 0 fully saturated rings. The molecule has 2 N–H and O–H groups in total. The SMILES string of the molecule is O=C(/C=C/c1ccc([N+](=O)[O-])o1)NNC(=O)c1cc(Cl)ccc1Cl. The Morgan fingerprint density at radius 3 is 2.58 bits per heavy atom. The molecular weight excluding hydrogens is 361 g/mol. The summed E-state index contributed by atoms with van der Waals surface area (Å²) in [5.74, 6) is -1.67. The molecule has 0 bridgehead atoms. The smallest absolute Gasteiger partial charge is 0.401 e. The van der Waals surface area contributed by atoms with Crippen molar-refractivity contribution >= 4 is 47.0 Å². The van der Waals surface area contributed by atoms with Crippen LogP contribution in [-0.2, 0) is 4.79 Å². The standard InChI is InChI=1S/C14H9Cl2N3O5/c15-8-1-4-11(16)10(7-8)14(21)18-17-12(20)5-2-9-3-6-13(24-9)19(22)23/h1-7H,(H,17,20)(H,18,21)/b5-2+. The third-order valence-electron chi connectivity index (χ3n) is 2.66. The second-order valence-corrected chi connectivity index (χ2v) is 5.18. The van der Waals surface area contributed by atoms with Gasteiger partial charge in [0.05, 0.1) is 16.7 Å². The van der Waals surface area contributed by atoms with Gasteiger partial charge >= 0.3 is 5.88 Å². The maximum absolute atomic E-state index is 11.9. The van der Waals surface area contributed by atoms with Crippen molar-refractivity contribution in [1.82, 2.24) is 10.9 Å². The molecular formula is C14H9Cl2N3O5. The molecule has 0 aliphatic heterocycles. The van der Waals surface area contributed by atoms with Gasteiger partial charge in [0, 0.05) is 11.1 Å². The fourth-order valence-corrected chi connectivity index (χ4v) is 1.96. The predicted molar refractivity (Wildman–Crippen MR) is 86.5 cm³/mol. The Morgan fingerprint density at radius 1 is 1.17 bits per heavy atom. The van der Waals surface area contributed by atoms with E-state index in [2.05, 4.69) is 10.9 Å². The number of nitrogens with zero attached hydrogens (tertiary/aromatic N) is 1. The van der Waals surface area contributed by atoms with Gasteiger partial charge in [0.15, 0.2) is 0 Å². The molecule has 24 heavy (non-hydrogen) atoms. The second kappa shape index (κ2) is 7.62. The largest absolute Gasteiger partial charge is 0.433 e. The number of carbonyl (C=O) groups excluding carboxylic acids is 2. The van der Waals surface area contributed by atoms with Crippen molar-refractivity contribution in [2.75, 3.05) is 0 Å². The van der Waals surface area contributed by atoms with Gasteiger partial charge in [-0.25, -0.2) is 0 Å². The fourth-order valence-electron chi connectivity index (χ4n) is 1.59. The number of hydrogen-bond donors (Lipinski definition) is 2. The first kappa shape index (κ1) is 17.5. The maximum atomic E-state index is 11.9. The molecule has 0 aliphatic rings. The Bertz CT molecular complexity index is 832. The topological polar surface area (TPSA) is 114 Å². The van der Waals surface area contributed by atoms with Crippen LogP contribution in [0.2, 0.25) is 10.0 Å². The first-order valence-corrected chi connectivity index (χ1v) is 7.10. The van der Waals surface area contributed by atoms with Crippen molar-refractivity contribution in [3.05, 3.63) is 67.9 Å². The lowest BCUT2D eigenvalue weighted by atomic mass is 10.2. The number of rotatable bonds is 4. The van der Waals surface area contributed by atoms with E-state index in [-0.39, 0.29) is 16.3 Å². The third kappa shape index (κ3) is 4.58. The second-order valence-electron chi connectivity index (χ2n) is 4.33. The Kier molecular flexibility index (Phi) is 5.56. The third-order valence-corrected chi connectivity index (χ3v) is 3.23. The number of halogens is 2. The molecule has 2 amide bonds. The molecule has 8 nitrogen and oxygen atoms in total. The lowest BCUT2D eigenvalue weighted by Crippen LogP contribution is -2.40. The Balaban J connectivity index is 1.92. The van der Waals surface area contributed by atoms with Crippen LogP contribution in [0.1, 0.15) is 16.1 Å². The van der Waals surface area contributed by atoms with Crippen LogP contribution in [0.3, 0.4) is 0 Å². The fraction of sp³-hybridized carbons (Fsp3) is 0. The van der Waals surface area contributed by atoms with E-state index in [1.165, 1.54) is 30.3 Å². The molecule has 0 atom stereocenters. The Labute approximate surface area is 145 Å². The monoisotopic (exact) mass is 369 g/mol. The van der Waals surface area contributed by atoms with Gasteiger partial charge in [-0.15, -0.1) is 0 Å². The van der Waals surface area contributed by atoms with Crippen molar-refractivity contribution in [3.63, 3.8) is 0 Å². The van der Waals surface area contributed by atoms with Crippen LogP contribution in [0, 0.1) is 10.1 Å². The maximum Gasteiger partial charge on any atom is 0.433 e. The molecule has 0 radical (unpaired) electrons. The van der Waals surface area contributed by atoms with Crippen LogP contribution < -0.4 is 10.9 Å². The van der Waals surface area contributed by atoms with Crippen LogP contribution in [0.5, 0.6) is 0 Å². The zero-order chi connectivity index (χ0) is 17.7. The highest BCUT2D eigenvalue weighted by Gasteiger charge is 2.12. The number of carbonyl (C=O) groups is 2. The molecule has 124 valence electrons. The zero-order valence-electron chi connectivity index (χ0n) is 11.8. The predicted octanol–water partition coefficient (Wildman–Crippen LogP) is 2.97. The highest BCUT2D eigenvalue weighted by molar-refractivity contribution is 6.35. The summed E-state index contributed by atoms with van der Waals surface area (Å²) in [5.41, 5.74) is 4.37. The van der Waals surface area contributed by atoms with E-state index in [0.29, 0.717) is 5.02 Å². The van der Waals surface area contributed by atoms with Gasteiger partial charge in [-0.1, -0.05) is 23.2 Å². The molecule has 0 spiro atoms. The van der Waals surface area contributed by atoms with E-state index >= 15 is 0 Å². The lowest BCUT2D eigenvalue weighted by Gasteiger charge is -2.07. The summed E-state index contributed by atoms with van der Waals surface area (Å²) < 4.78 is 4.83. The van der Waals surface area contributed by atoms with Crippen LogP contribution in [0.15, 0.2) is 40.8 Å². The summed E-state index contributed by atoms with van der Waals surface area (Å²) in [6, 6.07) is 6.80. The molecule has 2 rings (SSSR count). The zero-order valence-corrected chi connectivity index (χ0v) is 13.3. The molecule has 0 saturated carbocycles. The minimum Gasteiger partial charge on any atom is -0.401 e. The number of furan rings is 1. The van der Waals surface area contributed by atoms with Gasteiger partial charge in [-0.05, 0) is 30.3 Å². The minimum absolute atomic E-state index is 0.0927. The molecule has 0 unspecified atom stereocenters. The van der Waals surface area contributed by atoms with Crippen LogP contribution in [0.25, 0.3) is 6.08 Å². The van der Waals surface area contributed by atoms with E-state index in [0.717, 1.165) is 12.1 Å². The summed E-state index contributed by atoms with van der Waals surface area (Å²) in [4.78, 5) is 33.2. The van der Waals surface area contributed by atoms with Gasteiger partial charge in [-0.3, -0.25) is 30.6 Å². The van der Waals surface area contributed by atoms with Crippen LogP contribution >= 0.6 is 23.2 Å². The first-order valence-electron chi connectivity index (χ1n) is 6.34. The van der Waals surface area contributed by atoms with Crippen LogP contribution in [0.4, 0.5) is 5.88 Å². The van der Waals surface area contributed by atoms with Crippen molar-refractivity contribution in [1.29, 1.82) is 0 Å². The number of hydrogen-bond acceptors (Lipinski definition) is 5. The van der Waals surface area contributed by atoms with Crippen molar-refractivity contribution in [2.24, 2.45) is 0 Å². The van der Waals surface area contributed by atoms with E-state index in [1.807, 2.05) is 0 Å². The van der Waals surface area contributed by atoms with E-state index in [4.69, 9.17) is 27.6 Å². The Hall–Kier alpha value is -2.84. The quantitative estimate of drug-likeness (QED) is 0.488. The molecule has 10 heteroatoms. The normalized spacial score (nSPS) is 10.6. The number of benzene rings is 1. The Morgan fingerprint density at radius 2 is 1.92 bits per heavy atom. The number of nitro groups is 1. The lowest BCUT2D eigenvalue weighted by molar-refractivity contribution is -0.402. The average molecular weight is 370 g/mol. The highest BCUT2D eigenvalue weighted by Crippen LogP contribution is 2.20. The molecule has 1 aromatic carbocycles. The van der Waals surface area contributed by atoms with Crippen LogP contribution in [-0.4, -0.2) is 16.7 Å². The first-order chi connectivity index (χ1) is 11.4. The van der Waals surface area contributed by atoms with Crippen molar-refractivity contribution < 1.29 is 18.9 Å². The summed E-state index contributed by atoms with van der Waals surface area (Å²) >= 11 is 11.6.